The van der Waals surface area contributed by atoms with E-state index in [0.717, 1.165) is 16.0 Å². The molecule has 0 atom stereocenters. The predicted octanol–water partition coefficient (Wildman–Crippen LogP) is 5.23. The summed E-state index contributed by atoms with van der Waals surface area (Å²) in [4.78, 5) is 27.9. The third-order valence-corrected chi connectivity index (χ3v) is 5.36. The number of hydrogen-bond donors (Lipinski definition) is 1. The van der Waals surface area contributed by atoms with Crippen molar-refractivity contribution in [1.82, 2.24) is 0 Å². The van der Waals surface area contributed by atoms with E-state index in [1.165, 1.54) is 0 Å². The quantitative estimate of drug-likeness (QED) is 0.579. The molecule has 0 aromatic heterocycles. The average Bonchev–Trinajstić information content (AvgIpc) is 3.00. The molecular formula is C25H18ClN3O2. The van der Waals surface area contributed by atoms with Crippen LogP contribution in [-0.2, 0) is 9.59 Å². The van der Waals surface area contributed by atoms with E-state index in [9.17, 15) is 9.59 Å². The third-order valence-electron chi connectivity index (χ3n) is 5.13. The number of nitriles is 1. The van der Waals surface area contributed by atoms with E-state index in [2.05, 4.69) is 5.32 Å². The summed E-state index contributed by atoms with van der Waals surface area (Å²) in [5, 5.41) is 12.8. The molecule has 0 bridgehead atoms. The topological polar surface area (TPSA) is 73.2 Å². The van der Waals surface area contributed by atoms with Crippen LogP contribution in [0.5, 0.6) is 0 Å². The van der Waals surface area contributed by atoms with Gasteiger partial charge in [0, 0.05) is 10.7 Å². The highest BCUT2D eigenvalue weighted by atomic mass is 35.5. The molecule has 2 amide bonds. The number of carbonyl (C=O) groups excluding carboxylic acids is 2. The molecule has 0 saturated heterocycles. The Bertz CT molecular complexity index is 1270. The Kier molecular flexibility index (Phi) is 5.33. The molecule has 0 unspecified atom stereocenters. The molecule has 152 valence electrons. The number of aryl methyl sites for hydroxylation is 2. The Morgan fingerprint density at radius 1 is 0.903 bits per heavy atom. The van der Waals surface area contributed by atoms with Crippen LogP contribution >= 0.6 is 11.6 Å². The SMILES string of the molecule is Cc1ccc(C2=C(Nc3ccc(Cl)cc3C)C(=O)N(c3ccc(C#N)cc3)C2=O)cc1. The zero-order valence-corrected chi connectivity index (χ0v) is 17.7. The maximum atomic E-state index is 13.4. The Morgan fingerprint density at radius 3 is 2.19 bits per heavy atom. The Hall–Kier alpha value is -3.88. The van der Waals surface area contributed by atoms with Crippen molar-refractivity contribution >= 4 is 40.4 Å². The van der Waals surface area contributed by atoms with E-state index in [4.69, 9.17) is 16.9 Å². The van der Waals surface area contributed by atoms with Crippen LogP contribution in [0, 0.1) is 25.2 Å². The van der Waals surface area contributed by atoms with Gasteiger partial charge in [-0.3, -0.25) is 9.59 Å². The van der Waals surface area contributed by atoms with Crippen molar-refractivity contribution in [3.63, 3.8) is 0 Å². The van der Waals surface area contributed by atoms with Gasteiger partial charge >= 0.3 is 0 Å². The first kappa shape index (κ1) is 20.4. The van der Waals surface area contributed by atoms with Crippen molar-refractivity contribution in [2.75, 3.05) is 10.2 Å². The van der Waals surface area contributed by atoms with Gasteiger partial charge in [0.05, 0.1) is 22.9 Å². The van der Waals surface area contributed by atoms with E-state index in [0.29, 0.717) is 33.1 Å². The van der Waals surface area contributed by atoms with Crippen LogP contribution in [0.2, 0.25) is 5.02 Å². The number of nitrogens with one attached hydrogen (secondary N) is 1. The number of anilines is 2. The summed E-state index contributed by atoms with van der Waals surface area (Å²) < 4.78 is 0. The van der Waals surface area contributed by atoms with Gasteiger partial charge in [0.25, 0.3) is 11.8 Å². The van der Waals surface area contributed by atoms with Gasteiger partial charge in [-0.15, -0.1) is 0 Å². The second-order valence-electron chi connectivity index (χ2n) is 7.30. The average molecular weight is 428 g/mol. The summed E-state index contributed by atoms with van der Waals surface area (Å²) in [6, 6.07) is 21.1. The zero-order valence-electron chi connectivity index (χ0n) is 16.9. The first-order valence-corrected chi connectivity index (χ1v) is 10.0. The van der Waals surface area contributed by atoms with Crippen LogP contribution in [0.3, 0.4) is 0 Å². The molecule has 0 radical (unpaired) electrons. The van der Waals surface area contributed by atoms with Gasteiger partial charge < -0.3 is 5.32 Å². The molecule has 4 rings (SSSR count). The maximum Gasteiger partial charge on any atom is 0.282 e. The molecule has 5 nitrogen and oxygen atoms in total. The van der Waals surface area contributed by atoms with Crippen molar-refractivity contribution in [1.29, 1.82) is 5.26 Å². The highest BCUT2D eigenvalue weighted by Gasteiger charge is 2.40. The molecule has 31 heavy (non-hydrogen) atoms. The summed E-state index contributed by atoms with van der Waals surface area (Å²) in [6.07, 6.45) is 0. The lowest BCUT2D eigenvalue weighted by atomic mass is 10.0. The Labute approximate surface area is 185 Å². The predicted molar refractivity (Wildman–Crippen MR) is 122 cm³/mol. The molecule has 3 aromatic carbocycles. The fraction of sp³-hybridized carbons (Fsp3) is 0.0800. The van der Waals surface area contributed by atoms with Crippen molar-refractivity contribution < 1.29 is 9.59 Å². The first-order valence-electron chi connectivity index (χ1n) is 9.62. The largest absolute Gasteiger partial charge is 0.350 e. The van der Waals surface area contributed by atoms with Gasteiger partial charge in [-0.25, -0.2) is 4.90 Å². The highest BCUT2D eigenvalue weighted by Crippen LogP contribution is 2.34. The van der Waals surface area contributed by atoms with Crippen LogP contribution in [0.1, 0.15) is 22.3 Å². The normalized spacial score (nSPS) is 13.5. The van der Waals surface area contributed by atoms with Crippen LogP contribution in [0.4, 0.5) is 11.4 Å². The van der Waals surface area contributed by atoms with Crippen molar-refractivity contribution in [2.45, 2.75) is 13.8 Å². The van der Waals surface area contributed by atoms with Crippen LogP contribution in [-0.4, -0.2) is 11.8 Å². The summed E-state index contributed by atoms with van der Waals surface area (Å²) >= 11 is 6.06. The minimum absolute atomic E-state index is 0.198. The molecule has 0 saturated carbocycles. The zero-order chi connectivity index (χ0) is 22.1. The molecule has 0 spiro atoms. The van der Waals surface area contributed by atoms with E-state index in [1.807, 2.05) is 44.2 Å². The maximum absolute atomic E-state index is 13.4. The van der Waals surface area contributed by atoms with E-state index < -0.39 is 11.8 Å². The number of halogens is 1. The molecule has 0 fully saturated rings. The summed E-state index contributed by atoms with van der Waals surface area (Å²) in [7, 11) is 0. The summed E-state index contributed by atoms with van der Waals surface area (Å²) in [5.74, 6) is -0.882. The van der Waals surface area contributed by atoms with Crippen LogP contribution in [0.25, 0.3) is 5.57 Å². The molecule has 1 aliphatic rings. The smallest absolute Gasteiger partial charge is 0.282 e. The molecule has 3 aromatic rings. The Morgan fingerprint density at radius 2 is 1.58 bits per heavy atom. The molecule has 6 heteroatoms. The second-order valence-corrected chi connectivity index (χ2v) is 7.74. The van der Waals surface area contributed by atoms with Crippen LogP contribution < -0.4 is 10.2 Å². The lowest BCUT2D eigenvalue weighted by Crippen LogP contribution is -2.32. The van der Waals surface area contributed by atoms with Crippen LogP contribution in [0.15, 0.2) is 72.4 Å². The van der Waals surface area contributed by atoms with Gasteiger partial charge in [0.15, 0.2) is 0 Å². The molecule has 0 aliphatic carbocycles. The lowest BCUT2D eigenvalue weighted by Gasteiger charge is -2.16. The third kappa shape index (κ3) is 3.81. The van der Waals surface area contributed by atoms with Gasteiger partial charge in [0.1, 0.15) is 5.70 Å². The lowest BCUT2D eigenvalue weighted by molar-refractivity contribution is -0.120. The highest BCUT2D eigenvalue weighted by molar-refractivity contribution is 6.46. The van der Waals surface area contributed by atoms with E-state index in [1.54, 1.807) is 42.5 Å². The Balaban J connectivity index is 1.82. The fourth-order valence-electron chi connectivity index (χ4n) is 3.46. The standard InChI is InChI=1S/C25H18ClN3O2/c1-15-3-7-18(8-4-15)22-23(28-21-12-9-19(26)13-16(21)2)25(31)29(24(22)30)20-10-5-17(14-27)6-11-20/h3-13,28H,1-2H3. The molecule has 1 aliphatic heterocycles. The van der Waals surface area contributed by atoms with Gasteiger partial charge in [0.2, 0.25) is 0 Å². The molecule has 1 N–H and O–H groups in total. The fourth-order valence-corrected chi connectivity index (χ4v) is 3.68. The number of benzene rings is 3. The monoisotopic (exact) mass is 427 g/mol. The van der Waals surface area contributed by atoms with Crippen molar-refractivity contribution in [2.24, 2.45) is 0 Å². The van der Waals surface area contributed by atoms with Crippen molar-refractivity contribution in [3.05, 3.63) is 99.7 Å². The number of hydrogen-bond acceptors (Lipinski definition) is 4. The molecular weight excluding hydrogens is 410 g/mol. The number of rotatable bonds is 4. The molecule has 1 heterocycles. The minimum Gasteiger partial charge on any atom is -0.350 e. The minimum atomic E-state index is -0.459. The number of nitrogens with zero attached hydrogens (tertiary/aromatic N) is 2. The summed E-state index contributed by atoms with van der Waals surface area (Å²) in [6.45, 7) is 3.83. The first-order chi connectivity index (χ1) is 14.9. The van der Waals surface area contributed by atoms with Gasteiger partial charge in [-0.1, -0.05) is 41.4 Å². The van der Waals surface area contributed by atoms with Crippen molar-refractivity contribution in [3.8, 4) is 6.07 Å². The number of imide groups is 1. The summed E-state index contributed by atoms with van der Waals surface area (Å²) in [5.41, 5.74) is 4.58. The van der Waals surface area contributed by atoms with E-state index >= 15 is 0 Å². The number of carbonyl (C=O) groups is 2. The van der Waals surface area contributed by atoms with Gasteiger partial charge in [-0.05, 0) is 67.4 Å². The van der Waals surface area contributed by atoms with E-state index in [-0.39, 0.29) is 5.70 Å². The number of amides is 2. The van der Waals surface area contributed by atoms with Gasteiger partial charge in [-0.2, -0.15) is 5.26 Å². The second kappa shape index (κ2) is 8.10.